The van der Waals surface area contributed by atoms with Gasteiger partial charge in [0, 0.05) is 18.4 Å². The van der Waals surface area contributed by atoms with Crippen LogP contribution in [0.5, 0.6) is 0 Å². The zero-order valence-corrected chi connectivity index (χ0v) is 26.5. The van der Waals surface area contributed by atoms with E-state index in [1.165, 1.54) is 0 Å². The SMILES string of the molecule is C.CC(C)(C)OC(=O)N[C@@H](CCBr)C(=O)OC1CCCC1.CC(C)(C)OC(=O)N[C@@H](CCO)C(=O)OC1CCCC1. The maximum absolute atomic E-state index is 12.1. The van der Waals surface area contributed by atoms with E-state index in [9.17, 15) is 19.2 Å². The van der Waals surface area contributed by atoms with Crippen LogP contribution in [0.1, 0.15) is 113 Å². The summed E-state index contributed by atoms with van der Waals surface area (Å²) < 4.78 is 21.0. The van der Waals surface area contributed by atoms with Gasteiger partial charge in [0.1, 0.15) is 35.5 Å². The number of hydrogen-bond acceptors (Lipinski definition) is 9. The number of carbonyl (C=O) groups is 4. The molecule has 2 aliphatic carbocycles. The molecule has 2 atom stereocenters. The van der Waals surface area contributed by atoms with Crippen LogP contribution >= 0.6 is 15.9 Å². The van der Waals surface area contributed by atoms with Crippen LogP contribution < -0.4 is 10.6 Å². The first-order valence-corrected chi connectivity index (χ1v) is 15.3. The number of alkyl halides is 1. The molecule has 3 N–H and O–H groups in total. The first-order chi connectivity index (χ1) is 18.6. The molecular weight excluding hydrogens is 600 g/mol. The third-order valence-electron chi connectivity index (χ3n) is 5.94. The Balaban J connectivity index is 0.000000762. The molecule has 0 bridgehead atoms. The Bertz CT molecular complexity index is 733. The number of alkyl carbamates (subject to hydrolysis) is 2. The molecule has 2 saturated carbocycles. The number of halogens is 1. The van der Waals surface area contributed by atoms with Crippen LogP contribution in [0.25, 0.3) is 0 Å². The predicted molar refractivity (Wildman–Crippen MR) is 160 cm³/mol. The minimum Gasteiger partial charge on any atom is -0.461 e. The number of nitrogens with one attached hydrogen (secondary N) is 2. The van der Waals surface area contributed by atoms with E-state index in [4.69, 9.17) is 24.1 Å². The lowest BCUT2D eigenvalue weighted by Crippen LogP contribution is -2.45. The molecule has 240 valence electrons. The van der Waals surface area contributed by atoms with Gasteiger partial charge in [0.25, 0.3) is 0 Å². The maximum Gasteiger partial charge on any atom is 0.408 e. The van der Waals surface area contributed by atoms with Crippen molar-refractivity contribution in [3.63, 3.8) is 0 Å². The minimum absolute atomic E-state index is 0. The van der Waals surface area contributed by atoms with Gasteiger partial charge in [-0.2, -0.15) is 0 Å². The average molecular weight is 654 g/mol. The molecular formula is C29H53BrN2O9. The van der Waals surface area contributed by atoms with Crippen LogP contribution in [0.4, 0.5) is 9.59 Å². The highest BCUT2D eigenvalue weighted by Crippen LogP contribution is 2.22. The van der Waals surface area contributed by atoms with Crippen LogP contribution in [-0.4, -0.2) is 76.7 Å². The van der Waals surface area contributed by atoms with Crippen molar-refractivity contribution in [2.45, 2.75) is 149 Å². The third kappa shape index (κ3) is 18.1. The summed E-state index contributed by atoms with van der Waals surface area (Å²) in [6.07, 6.45) is 7.13. The molecule has 0 aromatic rings. The van der Waals surface area contributed by atoms with E-state index in [1.54, 1.807) is 41.5 Å². The summed E-state index contributed by atoms with van der Waals surface area (Å²) in [4.78, 5) is 47.5. The van der Waals surface area contributed by atoms with Gasteiger partial charge < -0.3 is 34.7 Å². The first kappa shape index (κ1) is 38.9. The van der Waals surface area contributed by atoms with Gasteiger partial charge in [-0.05, 0) is 99.3 Å². The number of hydrogen-bond donors (Lipinski definition) is 3. The van der Waals surface area contributed by atoms with E-state index in [-0.39, 0.29) is 38.6 Å². The zero-order valence-electron chi connectivity index (χ0n) is 24.9. The number of esters is 2. The van der Waals surface area contributed by atoms with E-state index >= 15 is 0 Å². The smallest absolute Gasteiger partial charge is 0.408 e. The lowest BCUT2D eigenvalue weighted by Gasteiger charge is -2.23. The molecule has 0 radical (unpaired) electrons. The largest absolute Gasteiger partial charge is 0.461 e. The lowest BCUT2D eigenvalue weighted by atomic mass is 10.2. The number of aliphatic hydroxyl groups is 1. The van der Waals surface area contributed by atoms with Gasteiger partial charge in [-0.25, -0.2) is 19.2 Å². The second-order valence-corrected chi connectivity index (χ2v) is 12.9. The summed E-state index contributed by atoms with van der Waals surface area (Å²) in [6.45, 7) is 10.4. The molecule has 2 amide bonds. The molecule has 0 heterocycles. The number of aliphatic hydroxyl groups excluding tert-OH is 1. The molecule has 0 unspecified atom stereocenters. The summed E-state index contributed by atoms with van der Waals surface area (Å²) >= 11 is 3.28. The fourth-order valence-corrected chi connectivity index (χ4v) is 4.60. The second-order valence-electron chi connectivity index (χ2n) is 12.1. The maximum atomic E-state index is 12.1. The van der Waals surface area contributed by atoms with Crippen molar-refractivity contribution < 1.29 is 43.2 Å². The van der Waals surface area contributed by atoms with Crippen LogP contribution in [0.3, 0.4) is 0 Å². The zero-order chi connectivity index (χ0) is 30.3. The third-order valence-corrected chi connectivity index (χ3v) is 6.39. The van der Waals surface area contributed by atoms with Crippen molar-refractivity contribution in [3.05, 3.63) is 0 Å². The second kappa shape index (κ2) is 19.2. The normalized spacial score (nSPS) is 17.2. The Kier molecular flexibility index (Phi) is 18.2. The van der Waals surface area contributed by atoms with E-state index in [0.29, 0.717) is 11.8 Å². The van der Waals surface area contributed by atoms with Gasteiger partial charge in [0.2, 0.25) is 0 Å². The number of amides is 2. The highest BCUT2D eigenvalue weighted by molar-refractivity contribution is 9.09. The van der Waals surface area contributed by atoms with Gasteiger partial charge in [-0.3, -0.25) is 0 Å². The fourth-order valence-electron chi connectivity index (χ4n) is 4.14. The molecule has 2 aliphatic rings. The van der Waals surface area contributed by atoms with Crippen LogP contribution in [0.2, 0.25) is 0 Å². The molecule has 0 aromatic heterocycles. The van der Waals surface area contributed by atoms with Crippen molar-refractivity contribution in [2.75, 3.05) is 11.9 Å². The standard InChI is InChI=1S/C14H24BrNO4.C14H25NO5.CH4/c1-14(2,3)20-13(18)16-11(8-9-15)12(17)19-10-6-4-5-7-10;1-14(2,3)20-13(18)15-11(8-9-16)12(17)19-10-6-4-5-7-10;/h10-11H,4-9H2,1-3H3,(H,16,18);10-11,16H,4-9H2,1-3H3,(H,15,18);1H4/t2*11-;/m00./s1. The predicted octanol–water partition coefficient (Wildman–Crippen LogP) is 5.53. The molecule has 12 heteroatoms. The highest BCUT2D eigenvalue weighted by Gasteiger charge is 2.29. The van der Waals surface area contributed by atoms with Gasteiger partial charge in [-0.15, -0.1) is 0 Å². The Labute approximate surface area is 254 Å². The van der Waals surface area contributed by atoms with Crippen molar-refractivity contribution in [1.82, 2.24) is 10.6 Å². The lowest BCUT2D eigenvalue weighted by molar-refractivity contribution is -0.152. The highest BCUT2D eigenvalue weighted by atomic mass is 79.9. The van der Waals surface area contributed by atoms with E-state index < -0.39 is 41.4 Å². The Morgan fingerprint density at radius 2 is 1.07 bits per heavy atom. The van der Waals surface area contributed by atoms with Gasteiger partial charge in [0.05, 0.1) is 0 Å². The van der Waals surface area contributed by atoms with Crippen LogP contribution in [-0.2, 0) is 28.5 Å². The minimum atomic E-state index is -0.865. The topological polar surface area (TPSA) is 149 Å². The Morgan fingerprint density at radius 1 is 0.732 bits per heavy atom. The molecule has 0 aliphatic heterocycles. The van der Waals surface area contributed by atoms with Crippen molar-refractivity contribution in [1.29, 1.82) is 0 Å². The fraction of sp³-hybridized carbons (Fsp3) is 0.862. The molecule has 2 rings (SSSR count). The number of carbonyl (C=O) groups excluding carboxylic acids is 4. The van der Waals surface area contributed by atoms with Gasteiger partial charge in [0.15, 0.2) is 0 Å². The van der Waals surface area contributed by atoms with Crippen molar-refractivity contribution >= 4 is 40.1 Å². The molecule has 2 fully saturated rings. The molecule has 11 nitrogen and oxygen atoms in total. The van der Waals surface area contributed by atoms with Crippen molar-refractivity contribution in [3.8, 4) is 0 Å². The van der Waals surface area contributed by atoms with E-state index in [1.807, 2.05) is 0 Å². The molecule has 0 spiro atoms. The first-order valence-electron chi connectivity index (χ1n) is 14.2. The summed E-state index contributed by atoms with van der Waals surface area (Å²) in [5.74, 6) is -0.876. The average Bonchev–Trinajstić information content (AvgIpc) is 3.51. The summed E-state index contributed by atoms with van der Waals surface area (Å²) in [6, 6.07) is -1.53. The number of rotatable bonds is 10. The summed E-state index contributed by atoms with van der Waals surface area (Å²) in [7, 11) is 0. The molecule has 0 aromatic carbocycles. The molecule has 0 saturated heterocycles. The summed E-state index contributed by atoms with van der Waals surface area (Å²) in [5.41, 5.74) is -1.22. The summed E-state index contributed by atoms with van der Waals surface area (Å²) in [5, 5.41) is 14.6. The Hall–Kier alpha value is -2.08. The van der Waals surface area contributed by atoms with E-state index in [2.05, 4.69) is 26.6 Å². The van der Waals surface area contributed by atoms with Gasteiger partial charge >= 0.3 is 24.1 Å². The van der Waals surface area contributed by atoms with E-state index in [0.717, 1.165) is 51.4 Å². The molecule has 41 heavy (non-hydrogen) atoms. The van der Waals surface area contributed by atoms with Crippen LogP contribution in [0.15, 0.2) is 0 Å². The van der Waals surface area contributed by atoms with Crippen molar-refractivity contribution in [2.24, 2.45) is 0 Å². The number of ether oxygens (including phenoxy) is 4. The quantitative estimate of drug-likeness (QED) is 0.157. The van der Waals surface area contributed by atoms with Crippen LogP contribution in [0, 0.1) is 0 Å². The van der Waals surface area contributed by atoms with Gasteiger partial charge in [-0.1, -0.05) is 23.4 Å². The monoisotopic (exact) mass is 652 g/mol. The Morgan fingerprint density at radius 3 is 1.37 bits per heavy atom.